The van der Waals surface area contributed by atoms with Gasteiger partial charge < -0.3 is 0 Å². The van der Waals surface area contributed by atoms with Gasteiger partial charge in [-0.1, -0.05) is 90.9 Å². The standard InChI is InChI=1S/C36H4BF24.C12H10.C4H10FP/c38-13-1-5(21(46)33(58)29(13)54)17(42)25(50)9(1)37(10-2-6(18(43)26(10)51)22(47)34(59)30(55)14(2)39,11-3-7(19(44)27(11)52)23(48)35(60)31(56)15(3)40)12-4-8(20(45)28(12)53)24(49)36(61)32(57)16(4)41;1-3-7-11(8-4-1)12-9-5-2-6-10-12;1-2-3-6-4-5/h9-12H;1-10H;6H,2-4H2,1H3/q-1;;/p+1. The van der Waals surface area contributed by atoms with Crippen LogP contribution in [0.25, 0.3) is 34.4 Å². The van der Waals surface area contributed by atoms with Crippen molar-refractivity contribution in [2.75, 3.05) is 12.6 Å². The number of alkyl halides is 1. The minimum absolute atomic E-state index is 0.0617. The molecule has 79 heavy (non-hydrogen) atoms. The van der Waals surface area contributed by atoms with Crippen LogP contribution in [0.1, 0.15) is 81.1 Å². The van der Waals surface area contributed by atoms with Gasteiger partial charge in [0.2, 0.25) is 0 Å². The Kier molecular flexibility index (Phi) is 15.9. The minimum Gasteiger partial charge on any atom is -0.212 e. The second kappa shape index (κ2) is 21.6. The van der Waals surface area contributed by atoms with Crippen LogP contribution in [0.5, 0.6) is 0 Å². The molecule has 6 aromatic rings. The zero-order valence-electron chi connectivity index (χ0n) is 38.8. The SMILES string of the molecule is CCC[PH2+]CF.FC1=C(F)C([B-](C2C(F)=C(F)c3c(F)c(F)c(F)c(F)c32)(C2C(F)=C(F)c3c(F)c(F)c(F)c(F)c32)C2C(F)=C(F)c3c(F)c(F)c(F)c(F)c32)c2c(F)c(F)c(F)c(F)c21.c1ccc(-c2ccccc2)cc1. The molecule has 5 unspecified atom stereocenters. The number of benzene rings is 6. The van der Waals surface area contributed by atoms with Gasteiger partial charge in [-0.15, -0.1) is 0 Å². The monoisotopic (exact) mass is 1170 g/mol. The van der Waals surface area contributed by atoms with Crippen molar-refractivity contribution < 1.29 is 110 Å². The molecule has 4 aliphatic rings. The van der Waals surface area contributed by atoms with Gasteiger partial charge in [0.05, 0.1) is 34.6 Å². The third-order valence-electron chi connectivity index (χ3n) is 14.1. The lowest BCUT2D eigenvalue weighted by molar-refractivity contribution is 0.396. The molecule has 4 aliphatic carbocycles. The average molecular weight is 1170 g/mol. The maximum absolute atomic E-state index is 17.0. The molecule has 0 aliphatic heterocycles. The molecule has 0 spiro atoms. The second-order valence-corrected chi connectivity index (χ2v) is 19.3. The van der Waals surface area contributed by atoms with E-state index in [4.69, 9.17) is 0 Å². The second-order valence-electron chi connectivity index (χ2n) is 17.9. The fraction of sp³-hybridized carbons (Fsp3) is 0.154. The maximum atomic E-state index is 17.0. The van der Waals surface area contributed by atoms with Crippen LogP contribution in [0, 0.1) is 93.1 Å². The summed E-state index contributed by atoms with van der Waals surface area (Å²) >= 11 is 0. The predicted molar refractivity (Wildman–Crippen MR) is 241 cm³/mol. The Hall–Kier alpha value is -6.98. The van der Waals surface area contributed by atoms with E-state index in [0.29, 0.717) is 0 Å². The first-order chi connectivity index (χ1) is 37.2. The fourth-order valence-electron chi connectivity index (χ4n) is 11.0. The van der Waals surface area contributed by atoms with Crippen LogP contribution >= 0.6 is 8.58 Å². The van der Waals surface area contributed by atoms with Gasteiger partial charge in [-0.05, 0) is 39.8 Å². The van der Waals surface area contributed by atoms with Crippen LogP contribution in [0.2, 0.25) is 0 Å². The van der Waals surface area contributed by atoms with Crippen molar-refractivity contribution in [2.45, 2.75) is 36.6 Å². The zero-order chi connectivity index (χ0) is 58.3. The highest BCUT2D eigenvalue weighted by atomic mass is 31.1. The van der Waals surface area contributed by atoms with E-state index in [-0.39, 0.29) is 15.0 Å². The molecule has 0 fully saturated rings. The summed E-state index contributed by atoms with van der Waals surface area (Å²) in [5, 5.41) is 0. The molecule has 0 N–H and O–H groups in total. The van der Waals surface area contributed by atoms with Gasteiger partial charge in [0.1, 0.15) is 23.3 Å². The molecule has 0 nitrogen and oxygen atoms in total. The highest BCUT2D eigenvalue weighted by molar-refractivity contribution is 7.37. The van der Waals surface area contributed by atoms with Crippen molar-refractivity contribution in [1.82, 2.24) is 0 Å². The van der Waals surface area contributed by atoms with E-state index in [9.17, 15) is 22.0 Å². The minimum atomic E-state index is -6.83. The van der Waals surface area contributed by atoms with Crippen LogP contribution in [0.3, 0.4) is 0 Å². The number of allylic oxidation sites excluding steroid dienone is 4. The lowest BCUT2D eigenvalue weighted by atomic mass is 9.02. The van der Waals surface area contributed by atoms with Gasteiger partial charge in [0, 0.05) is 8.58 Å². The first-order valence-corrected chi connectivity index (χ1v) is 24.2. The van der Waals surface area contributed by atoms with Crippen molar-refractivity contribution in [3.8, 4) is 11.1 Å². The Morgan fingerprint density at radius 1 is 0.316 bits per heavy atom. The van der Waals surface area contributed by atoms with E-state index in [2.05, 4.69) is 55.5 Å². The third kappa shape index (κ3) is 8.46. The van der Waals surface area contributed by atoms with E-state index in [1.165, 1.54) is 11.1 Å². The number of hydrogen-bond acceptors (Lipinski definition) is 0. The average Bonchev–Trinajstić information content (AvgIpc) is 4.29. The molecule has 0 saturated carbocycles. The molecular formula is C52H25BF25P. The van der Waals surface area contributed by atoms with Crippen LogP contribution in [0.15, 0.2) is 84.0 Å². The lowest BCUT2D eigenvalue weighted by Crippen LogP contribution is -2.59. The van der Waals surface area contributed by atoms with Crippen LogP contribution < -0.4 is 0 Å². The molecule has 0 aromatic heterocycles. The number of halogens is 25. The molecule has 416 valence electrons. The van der Waals surface area contributed by atoms with Crippen molar-refractivity contribution >= 4 is 38.0 Å². The Labute approximate surface area is 428 Å². The predicted octanol–water partition coefficient (Wildman–Crippen LogP) is 18.5. The van der Waals surface area contributed by atoms with Gasteiger partial charge in [0.25, 0.3) is 0 Å². The van der Waals surface area contributed by atoms with Crippen LogP contribution in [-0.4, -0.2) is 18.7 Å². The van der Waals surface area contributed by atoms with Gasteiger partial charge in [-0.2, -0.15) is 0 Å². The molecule has 10 rings (SSSR count). The Morgan fingerprint density at radius 3 is 0.722 bits per heavy atom. The Bertz CT molecular complexity index is 3230. The first-order valence-electron chi connectivity index (χ1n) is 22.5. The molecule has 5 atom stereocenters. The summed E-state index contributed by atoms with van der Waals surface area (Å²) in [6.07, 6.45) is -4.62. The Balaban J connectivity index is 0.000000386. The highest BCUT2D eigenvalue weighted by Crippen LogP contribution is 2.72. The van der Waals surface area contributed by atoms with Gasteiger partial charge in [-0.3, -0.25) is 0 Å². The summed E-state index contributed by atoms with van der Waals surface area (Å²) in [5.74, 6) is -96.3. The summed E-state index contributed by atoms with van der Waals surface area (Å²) in [6.45, 7) is 2.09. The van der Waals surface area contributed by atoms with E-state index in [1.54, 1.807) is 0 Å². The van der Waals surface area contributed by atoms with Crippen molar-refractivity contribution in [2.24, 2.45) is 0 Å². The first kappa shape index (κ1) is 58.2. The number of hydrogen-bond donors (Lipinski definition) is 0. The molecule has 0 saturated heterocycles. The van der Waals surface area contributed by atoms with Crippen molar-refractivity contribution in [3.05, 3.63) is 222 Å². The quantitative estimate of drug-likeness (QED) is 0.0356. The highest BCUT2D eigenvalue weighted by Gasteiger charge is 2.67. The summed E-state index contributed by atoms with van der Waals surface area (Å²) in [5.41, 5.74) is -19.4. The Morgan fingerprint density at radius 2 is 0.532 bits per heavy atom. The van der Waals surface area contributed by atoms with Gasteiger partial charge >= 0.3 is 0 Å². The lowest BCUT2D eigenvalue weighted by Gasteiger charge is -2.57. The van der Waals surface area contributed by atoms with E-state index >= 15 is 87.8 Å². The molecule has 27 heteroatoms. The molecule has 0 heterocycles. The van der Waals surface area contributed by atoms with E-state index in [1.807, 2.05) is 12.1 Å². The molecular weight excluding hydrogens is 1140 g/mol. The molecule has 0 radical (unpaired) electrons. The summed E-state index contributed by atoms with van der Waals surface area (Å²) in [6, 6.07) is 20.8. The van der Waals surface area contributed by atoms with Gasteiger partial charge in [-0.25, -0.2) is 110 Å². The van der Waals surface area contributed by atoms with Crippen LogP contribution in [-0.2, 0) is 0 Å². The fourth-order valence-corrected chi connectivity index (χ4v) is 11.6. The summed E-state index contributed by atoms with van der Waals surface area (Å²) < 4.78 is 388. The maximum Gasteiger partial charge on any atom is 0.198 e. The number of fused-ring (bicyclic) bond motifs is 4. The zero-order valence-corrected chi connectivity index (χ0v) is 40.0. The van der Waals surface area contributed by atoms with Crippen molar-refractivity contribution in [1.29, 1.82) is 0 Å². The van der Waals surface area contributed by atoms with Crippen LogP contribution in [0.4, 0.5) is 110 Å². The smallest absolute Gasteiger partial charge is 0.198 e. The third-order valence-corrected chi connectivity index (χ3v) is 15.3. The van der Waals surface area contributed by atoms with E-state index in [0.717, 1.165) is 12.6 Å². The topological polar surface area (TPSA) is 0 Å². The van der Waals surface area contributed by atoms with Gasteiger partial charge in [0.15, 0.2) is 123 Å². The summed E-state index contributed by atoms with van der Waals surface area (Å²) in [7, 11) is 0.152. The molecule has 6 aromatic carbocycles. The molecule has 0 amide bonds. The molecule has 0 bridgehead atoms. The number of rotatable bonds is 8. The summed E-state index contributed by atoms with van der Waals surface area (Å²) in [4.78, 5) is 0. The van der Waals surface area contributed by atoms with Crippen molar-refractivity contribution in [3.63, 3.8) is 0 Å². The normalized spacial score (nSPS) is 19.0. The van der Waals surface area contributed by atoms with E-state index < -0.39 is 214 Å². The largest absolute Gasteiger partial charge is 0.212 e.